The third-order valence-electron chi connectivity index (χ3n) is 3.73. The molecule has 0 spiro atoms. The molecule has 0 fully saturated rings. The van der Waals surface area contributed by atoms with E-state index in [1.807, 2.05) is 56.3 Å². The van der Waals surface area contributed by atoms with E-state index in [0.29, 0.717) is 18.4 Å². The van der Waals surface area contributed by atoms with E-state index in [1.165, 1.54) is 0 Å². The van der Waals surface area contributed by atoms with Gasteiger partial charge in [0.25, 0.3) is 0 Å². The van der Waals surface area contributed by atoms with Gasteiger partial charge in [0.05, 0.1) is 5.54 Å². The molecule has 0 unspecified atom stereocenters. The molecule has 0 aliphatic heterocycles. The topological polar surface area (TPSA) is 43.1 Å². The van der Waals surface area contributed by atoms with Crippen LogP contribution in [-0.4, -0.2) is 11.3 Å². The van der Waals surface area contributed by atoms with Gasteiger partial charge < -0.3 is 5.73 Å². The average molecular weight is 241 g/mol. The van der Waals surface area contributed by atoms with Crippen LogP contribution in [0.25, 0.3) is 10.8 Å². The predicted octanol–water partition coefficient (Wildman–Crippen LogP) is 3.54. The molecule has 2 nitrogen and oxygen atoms in total. The van der Waals surface area contributed by atoms with Gasteiger partial charge >= 0.3 is 0 Å². The van der Waals surface area contributed by atoms with Crippen LogP contribution in [0, 0.1) is 0 Å². The molecule has 0 bridgehead atoms. The van der Waals surface area contributed by atoms with Crippen molar-refractivity contribution in [3.05, 3.63) is 48.0 Å². The molecule has 2 N–H and O–H groups in total. The van der Waals surface area contributed by atoms with E-state index in [0.717, 1.165) is 10.8 Å². The van der Waals surface area contributed by atoms with Crippen LogP contribution in [0.3, 0.4) is 0 Å². The summed E-state index contributed by atoms with van der Waals surface area (Å²) in [5.41, 5.74) is 6.14. The zero-order valence-corrected chi connectivity index (χ0v) is 10.9. The number of benzene rings is 2. The summed E-state index contributed by atoms with van der Waals surface area (Å²) in [4.78, 5) is 12.4. The first kappa shape index (κ1) is 12.8. The predicted molar refractivity (Wildman–Crippen MR) is 75.8 cm³/mol. The van der Waals surface area contributed by atoms with Crippen LogP contribution in [0.4, 0.5) is 0 Å². The van der Waals surface area contributed by atoms with Crippen LogP contribution in [0.2, 0.25) is 0 Å². The molecule has 2 rings (SSSR count). The Bertz CT molecular complexity index is 570. The van der Waals surface area contributed by atoms with Gasteiger partial charge in [0.2, 0.25) is 0 Å². The summed E-state index contributed by atoms with van der Waals surface area (Å²) in [7, 11) is 0. The van der Waals surface area contributed by atoms with Gasteiger partial charge in [-0.05, 0) is 29.7 Å². The van der Waals surface area contributed by atoms with Gasteiger partial charge in [0.15, 0.2) is 5.78 Å². The molecule has 0 heterocycles. The van der Waals surface area contributed by atoms with Crippen LogP contribution < -0.4 is 5.73 Å². The van der Waals surface area contributed by atoms with E-state index in [1.54, 1.807) is 0 Å². The average Bonchev–Trinajstić information content (AvgIpc) is 2.45. The number of nitrogens with two attached hydrogens (primary N) is 1. The number of hydrogen-bond donors (Lipinski definition) is 1. The fourth-order valence-electron chi connectivity index (χ4n) is 2.19. The normalized spacial score (nSPS) is 11.7. The Balaban J connectivity index is 2.45. The molecule has 0 amide bonds. The molecule has 0 aromatic heterocycles. The standard InChI is InChI=1S/C16H19NO/c1-3-16(17,4-2)15(18)14-10-9-12-7-5-6-8-13(12)11-14/h5-11H,3-4,17H2,1-2H3. The van der Waals surface area contributed by atoms with Crippen molar-refractivity contribution >= 4 is 16.6 Å². The summed E-state index contributed by atoms with van der Waals surface area (Å²) in [5.74, 6) is 0.0400. The second-order valence-corrected chi connectivity index (χ2v) is 4.75. The van der Waals surface area contributed by atoms with Gasteiger partial charge in [-0.15, -0.1) is 0 Å². The maximum atomic E-state index is 12.4. The number of fused-ring (bicyclic) bond motifs is 1. The summed E-state index contributed by atoms with van der Waals surface area (Å²) < 4.78 is 0. The molecule has 94 valence electrons. The zero-order valence-electron chi connectivity index (χ0n) is 10.9. The van der Waals surface area contributed by atoms with E-state index in [4.69, 9.17) is 5.73 Å². The lowest BCUT2D eigenvalue weighted by Gasteiger charge is -2.25. The molecular formula is C16H19NO. The molecule has 0 saturated carbocycles. The van der Waals surface area contributed by atoms with Gasteiger partial charge in [-0.2, -0.15) is 0 Å². The van der Waals surface area contributed by atoms with E-state index in [-0.39, 0.29) is 5.78 Å². The van der Waals surface area contributed by atoms with E-state index >= 15 is 0 Å². The highest BCUT2D eigenvalue weighted by molar-refractivity contribution is 6.05. The van der Waals surface area contributed by atoms with Crippen LogP contribution >= 0.6 is 0 Å². The third kappa shape index (κ3) is 2.16. The minimum absolute atomic E-state index is 0.0400. The van der Waals surface area contributed by atoms with Gasteiger partial charge in [-0.1, -0.05) is 50.2 Å². The Morgan fingerprint density at radius 2 is 1.67 bits per heavy atom. The Morgan fingerprint density at radius 1 is 1.06 bits per heavy atom. The summed E-state index contributed by atoms with van der Waals surface area (Å²) in [6.45, 7) is 3.92. The highest BCUT2D eigenvalue weighted by Crippen LogP contribution is 2.22. The van der Waals surface area contributed by atoms with Crippen LogP contribution in [-0.2, 0) is 0 Å². The van der Waals surface area contributed by atoms with E-state index in [2.05, 4.69) is 0 Å². The van der Waals surface area contributed by atoms with Gasteiger partial charge in [-0.25, -0.2) is 0 Å². The minimum Gasteiger partial charge on any atom is -0.319 e. The summed E-state index contributed by atoms with van der Waals surface area (Å²) >= 11 is 0. The molecule has 18 heavy (non-hydrogen) atoms. The third-order valence-corrected chi connectivity index (χ3v) is 3.73. The number of Topliss-reactive ketones (excluding diaryl/α,β-unsaturated/α-hetero) is 1. The molecule has 2 heteroatoms. The lowest BCUT2D eigenvalue weighted by Crippen LogP contribution is -2.46. The molecule has 0 atom stereocenters. The number of ketones is 1. The zero-order chi connectivity index (χ0) is 13.2. The largest absolute Gasteiger partial charge is 0.319 e. The van der Waals surface area contributed by atoms with Crippen molar-refractivity contribution in [1.29, 1.82) is 0 Å². The van der Waals surface area contributed by atoms with Crippen molar-refractivity contribution in [3.63, 3.8) is 0 Å². The van der Waals surface area contributed by atoms with Crippen molar-refractivity contribution in [2.45, 2.75) is 32.2 Å². The maximum absolute atomic E-state index is 12.4. The molecule has 0 aliphatic rings. The molecule has 0 aliphatic carbocycles. The second-order valence-electron chi connectivity index (χ2n) is 4.75. The van der Waals surface area contributed by atoms with Crippen LogP contribution in [0.1, 0.15) is 37.0 Å². The Morgan fingerprint density at radius 3 is 2.28 bits per heavy atom. The first-order valence-corrected chi connectivity index (χ1v) is 6.43. The van der Waals surface area contributed by atoms with Gasteiger partial charge in [0, 0.05) is 5.56 Å². The number of hydrogen-bond acceptors (Lipinski definition) is 2. The second kappa shape index (κ2) is 4.91. The quantitative estimate of drug-likeness (QED) is 0.832. The molecule has 2 aromatic carbocycles. The fourth-order valence-corrected chi connectivity index (χ4v) is 2.19. The highest BCUT2D eigenvalue weighted by atomic mass is 16.1. The molecule has 2 aromatic rings. The smallest absolute Gasteiger partial charge is 0.182 e. The first-order chi connectivity index (χ1) is 8.60. The van der Waals surface area contributed by atoms with Crippen LogP contribution in [0.15, 0.2) is 42.5 Å². The monoisotopic (exact) mass is 241 g/mol. The Labute approximate surface area is 108 Å². The SMILES string of the molecule is CCC(N)(CC)C(=O)c1ccc2ccccc2c1. The Kier molecular flexibility index (Phi) is 3.48. The fraction of sp³-hybridized carbons (Fsp3) is 0.312. The lowest BCUT2D eigenvalue weighted by atomic mass is 9.85. The minimum atomic E-state index is -0.734. The van der Waals surface area contributed by atoms with Crippen molar-refractivity contribution < 1.29 is 4.79 Å². The van der Waals surface area contributed by atoms with Gasteiger partial charge in [0.1, 0.15) is 0 Å². The summed E-state index contributed by atoms with van der Waals surface area (Å²) in [6, 6.07) is 13.8. The Hall–Kier alpha value is -1.67. The van der Waals surface area contributed by atoms with Crippen molar-refractivity contribution in [3.8, 4) is 0 Å². The molecule has 0 saturated heterocycles. The number of carbonyl (C=O) groups is 1. The van der Waals surface area contributed by atoms with Crippen molar-refractivity contribution in [1.82, 2.24) is 0 Å². The first-order valence-electron chi connectivity index (χ1n) is 6.43. The van der Waals surface area contributed by atoms with Gasteiger partial charge in [-0.3, -0.25) is 4.79 Å². The molecule has 0 radical (unpaired) electrons. The van der Waals surface area contributed by atoms with Crippen molar-refractivity contribution in [2.24, 2.45) is 5.73 Å². The van der Waals surface area contributed by atoms with Crippen LogP contribution in [0.5, 0.6) is 0 Å². The van der Waals surface area contributed by atoms with E-state index in [9.17, 15) is 4.79 Å². The summed E-state index contributed by atoms with van der Waals surface area (Å²) in [6.07, 6.45) is 1.32. The molecular weight excluding hydrogens is 222 g/mol. The lowest BCUT2D eigenvalue weighted by molar-refractivity contribution is 0.0879. The van der Waals surface area contributed by atoms with E-state index < -0.39 is 5.54 Å². The highest BCUT2D eigenvalue weighted by Gasteiger charge is 2.30. The maximum Gasteiger partial charge on any atom is 0.182 e. The summed E-state index contributed by atoms with van der Waals surface area (Å²) in [5, 5.41) is 2.22. The number of carbonyl (C=O) groups excluding carboxylic acids is 1. The number of rotatable bonds is 4. The van der Waals surface area contributed by atoms with Crippen molar-refractivity contribution in [2.75, 3.05) is 0 Å².